The Bertz CT molecular complexity index is 295. The van der Waals surface area contributed by atoms with Crippen LogP contribution in [0.25, 0.3) is 12.2 Å². The third-order valence-corrected chi connectivity index (χ3v) is 1.65. The second-order valence-corrected chi connectivity index (χ2v) is 2.39. The number of aldehydes is 1. The summed E-state index contributed by atoms with van der Waals surface area (Å²) in [4.78, 5) is 13.5. The number of aromatic nitrogens is 1. The van der Waals surface area contributed by atoms with E-state index in [-0.39, 0.29) is 0 Å². The lowest BCUT2D eigenvalue weighted by Gasteiger charge is -1.91. The monoisotopic (exact) mass is 161 g/mol. The summed E-state index contributed by atoms with van der Waals surface area (Å²) in [5.41, 5.74) is 2.46. The van der Waals surface area contributed by atoms with E-state index in [0.717, 1.165) is 17.5 Å². The van der Waals surface area contributed by atoms with E-state index in [1.807, 2.05) is 19.1 Å². The third kappa shape index (κ3) is 1.37. The van der Waals surface area contributed by atoms with Gasteiger partial charge in [-0.05, 0) is 13.0 Å². The number of allylic oxidation sites excluding steroid dienone is 1. The van der Waals surface area contributed by atoms with Gasteiger partial charge >= 0.3 is 0 Å². The van der Waals surface area contributed by atoms with Crippen LogP contribution in [0.5, 0.6) is 0 Å². The minimum absolute atomic E-state index is 0.669. The first kappa shape index (κ1) is 8.53. The lowest BCUT2D eigenvalue weighted by molar-refractivity contribution is 0.112. The highest BCUT2D eigenvalue weighted by Crippen LogP contribution is 2.15. The first-order chi connectivity index (χ1) is 5.83. The van der Waals surface area contributed by atoms with Gasteiger partial charge in [-0.25, -0.2) is 0 Å². The van der Waals surface area contributed by atoms with E-state index >= 15 is 0 Å². The van der Waals surface area contributed by atoms with Crippen LogP contribution in [0, 0.1) is 0 Å². The van der Waals surface area contributed by atoms with Crippen molar-refractivity contribution in [2.75, 3.05) is 0 Å². The molecule has 0 aliphatic rings. The predicted octanol–water partition coefficient (Wildman–Crippen LogP) is 2.50. The summed E-state index contributed by atoms with van der Waals surface area (Å²) >= 11 is 0. The minimum atomic E-state index is 0.669. The summed E-state index contributed by atoms with van der Waals surface area (Å²) < 4.78 is 0. The van der Waals surface area contributed by atoms with Crippen LogP contribution >= 0.6 is 0 Å². The van der Waals surface area contributed by atoms with Crippen molar-refractivity contribution in [2.45, 2.75) is 6.92 Å². The lowest BCUT2D eigenvalue weighted by atomic mass is 10.1. The maximum Gasteiger partial charge on any atom is 0.152 e. The number of carbonyl (C=O) groups excluding carboxylic acids is 1. The van der Waals surface area contributed by atoms with Crippen molar-refractivity contribution in [3.63, 3.8) is 0 Å². The van der Waals surface area contributed by atoms with Gasteiger partial charge in [0.1, 0.15) is 0 Å². The predicted molar refractivity (Wildman–Crippen MR) is 51.0 cm³/mol. The molecule has 1 aromatic rings. The molecule has 0 aliphatic carbocycles. The summed E-state index contributed by atoms with van der Waals surface area (Å²) in [6, 6.07) is 0. The average molecular weight is 161 g/mol. The molecule has 0 saturated carbocycles. The molecule has 12 heavy (non-hydrogen) atoms. The Balaban J connectivity index is 3.24. The smallest absolute Gasteiger partial charge is 0.152 e. The molecule has 2 nitrogen and oxygen atoms in total. The van der Waals surface area contributed by atoms with E-state index in [2.05, 4.69) is 11.6 Å². The first-order valence-electron chi connectivity index (χ1n) is 3.75. The Morgan fingerprint density at radius 3 is 2.83 bits per heavy atom. The van der Waals surface area contributed by atoms with Gasteiger partial charge in [0.15, 0.2) is 6.29 Å². The Morgan fingerprint density at radius 1 is 1.58 bits per heavy atom. The molecule has 0 aliphatic heterocycles. The Kier molecular flexibility index (Phi) is 2.64. The van der Waals surface area contributed by atoms with Gasteiger partial charge in [-0.1, -0.05) is 18.7 Å². The number of hydrogen-bond acceptors (Lipinski definition) is 1. The summed E-state index contributed by atoms with van der Waals surface area (Å²) in [6.07, 6.45) is 7.99. The van der Waals surface area contributed by atoms with E-state index in [1.54, 1.807) is 12.3 Å². The molecule has 0 saturated heterocycles. The van der Waals surface area contributed by atoms with Crippen molar-refractivity contribution in [3.8, 4) is 0 Å². The van der Waals surface area contributed by atoms with Crippen LogP contribution in [0.1, 0.15) is 28.5 Å². The van der Waals surface area contributed by atoms with Gasteiger partial charge in [0, 0.05) is 23.0 Å². The van der Waals surface area contributed by atoms with Gasteiger partial charge in [-0.2, -0.15) is 0 Å². The molecule has 0 aromatic carbocycles. The van der Waals surface area contributed by atoms with E-state index in [9.17, 15) is 4.79 Å². The van der Waals surface area contributed by atoms with E-state index in [0.29, 0.717) is 5.56 Å². The second kappa shape index (κ2) is 3.72. The van der Waals surface area contributed by atoms with Crippen molar-refractivity contribution in [1.29, 1.82) is 0 Å². The molecular formula is C10H11NO. The van der Waals surface area contributed by atoms with Crippen LogP contribution < -0.4 is 0 Å². The molecule has 2 heteroatoms. The quantitative estimate of drug-likeness (QED) is 0.679. The zero-order valence-corrected chi connectivity index (χ0v) is 7.00. The molecule has 0 spiro atoms. The summed E-state index contributed by atoms with van der Waals surface area (Å²) in [5, 5.41) is 0. The fourth-order valence-electron chi connectivity index (χ4n) is 1.09. The zero-order chi connectivity index (χ0) is 8.97. The average Bonchev–Trinajstić information content (AvgIpc) is 2.48. The number of nitrogens with one attached hydrogen (secondary N) is 1. The van der Waals surface area contributed by atoms with Gasteiger partial charge in [0.05, 0.1) is 0 Å². The molecule has 0 unspecified atom stereocenters. The van der Waals surface area contributed by atoms with Crippen molar-refractivity contribution in [1.82, 2.24) is 4.98 Å². The lowest BCUT2D eigenvalue weighted by Crippen LogP contribution is -1.80. The van der Waals surface area contributed by atoms with Crippen LogP contribution in [0.3, 0.4) is 0 Å². The topological polar surface area (TPSA) is 32.9 Å². The third-order valence-electron chi connectivity index (χ3n) is 1.65. The fourth-order valence-corrected chi connectivity index (χ4v) is 1.09. The number of H-pyrrole nitrogens is 1. The molecule has 0 bridgehead atoms. The van der Waals surface area contributed by atoms with Gasteiger partial charge in [-0.15, -0.1) is 0 Å². The van der Waals surface area contributed by atoms with Crippen molar-refractivity contribution in [2.24, 2.45) is 0 Å². The molecular weight excluding hydrogens is 150 g/mol. The maximum absolute atomic E-state index is 10.5. The molecule has 1 N–H and O–H groups in total. The van der Waals surface area contributed by atoms with Gasteiger partial charge in [-0.3, -0.25) is 4.79 Å². The van der Waals surface area contributed by atoms with Crippen LogP contribution in [-0.4, -0.2) is 11.3 Å². The molecule has 0 radical (unpaired) electrons. The number of carbonyl (C=O) groups is 1. The molecule has 0 atom stereocenters. The van der Waals surface area contributed by atoms with Crippen LogP contribution in [0.15, 0.2) is 18.9 Å². The standard InChI is InChI=1S/C10H11NO/c1-3-5-9-8(7-12)6-11-10(9)4-2/h3-7,11H,2H2,1H3/b5-3-. The van der Waals surface area contributed by atoms with E-state index in [4.69, 9.17) is 0 Å². The Morgan fingerprint density at radius 2 is 2.33 bits per heavy atom. The number of hydrogen-bond donors (Lipinski definition) is 1. The summed E-state index contributed by atoms with van der Waals surface area (Å²) in [7, 11) is 0. The van der Waals surface area contributed by atoms with Crippen molar-refractivity contribution < 1.29 is 4.79 Å². The molecule has 62 valence electrons. The second-order valence-electron chi connectivity index (χ2n) is 2.39. The fraction of sp³-hybridized carbons (Fsp3) is 0.100. The van der Waals surface area contributed by atoms with E-state index < -0.39 is 0 Å². The normalized spacial score (nSPS) is 10.4. The van der Waals surface area contributed by atoms with Crippen molar-refractivity contribution in [3.05, 3.63) is 35.7 Å². The minimum Gasteiger partial charge on any atom is -0.360 e. The highest BCUT2D eigenvalue weighted by Gasteiger charge is 2.03. The molecule has 0 amide bonds. The largest absolute Gasteiger partial charge is 0.360 e. The molecule has 0 fully saturated rings. The van der Waals surface area contributed by atoms with Crippen molar-refractivity contribution >= 4 is 18.4 Å². The van der Waals surface area contributed by atoms with Gasteiger partial charge < -0.3 is 4.98 Å². The number of rotatable bonds is 3. The molecule has 1 aromatic heterocycles. The zero-order valence-electron chi connectivity index (χ0n) is 7.00. The highest BCUT2D eigenvalue weighted by molar-refractivity contribution is 5.84. The summed E-state index contributed by atoms with van der Waals surface area (Å²) in [6.45, 7) is 5.55. The SMILES string of the molecule is C=Cc1[nH]cc(C=O)c1/C=C\C. The van der Waals surface area contributed by atoms with Gasteiger partial charge in [0.25, 0.3) is 0 Å². The van der Waals surface area contributed by atoms with Crippen LogP contribution in [0.2, 0.25) is 0 Å². The van der Waals surface area contributed by atoms with Crippen LogP contribution in [0.4, 0.5) is 0 Å². The maximum atomic E-state index is 10.5. The Labute approximate surface area is 71.6 Å². The Hall–Kier alpha value is -1.57. The highest BCUT2D eigenvalue weighted by atomic mass is 16.1. The first-order valence-corrected chi connectivity index (χ1v) is 3.75. The molecule has 1 heterocycles. The molecule has 1 rings (SSSR count). The summed E-state index contributed by atoms with van der Waals surface area (Å²) in [5.74, 6) is 0. The van der Waals surface area contributed by atoms with Crippen LogP contribution in [-0.2, 0) is 0 Å². The van der Waals surface area contributed by atoms with E-state index in [1.165, 1.54) is 0 Å². The van der Waals surface area contributed by atoms with Gasteiger partial charge in [0.2, 0.25) is 0 Å². The number of aromatic amines is 1.